The fraction of sp³-hybridized carbons (Fsp3) is 0.889. The maximum atomic E-state index is 12.6. The van der Waals surface area contributed by atoms with E-state index in [1.165, 1.54) is 0 Å². The van der Waals surface area contributed by atoms with Gasteiger partial charge in [0.25, 0.3) is 0 Å². The molecule has 2 aliphatic heterocycles. The van der Waals surface area contributed by atoms with E-state index in [9.17, 15) is 9.59 Å². The largest absolute Gasteiger partial charge is 0.449 e. The third kappa shape index (κ3) is 5.96. The zero-order chi connectivity index (χ0) is 18.1. The van der Waals surface area contributed by atoms with Gasteiger partial charge >= 0.3 is 6.09 Å². The molecular formula is C18H35N3O3. The Morgan fingerprint density at radius 3 is 2.33 bits per heavy atom. The van der Waals surface area contributed by atoms with E-state index in [-0.39, 0.29) is 24.0 Å². The second kappa shape index (κ2) is 10.5. The summed E-state index contributed by atoms with van der Waals surface area (Å²) in [6.45, 7) is 14.1. The van der Waals surface area contributed by atoms with Crippen LogP contribution in [0.5, 0.6) is 0 Å². The number of hydrogen-bond acceptors (Lipinski definition) is 4. The van der Waals surface area contributed by atoms with E-state index in [4.69, 9.17) is 4.74 Å². The summed E-state index contributed by atoms with van der Waals surface area (Å²) in [6, 6.07) is 0.0581. The number of piperidine rings is 1. The molecule has 0 radical (unpaired) electrons. The molecule has 1 atom stereocenters. The van der Waals surface area contributed by atoms with Gasteiger partial charge in [-0.05, 0) is 38.8 Å². The highest BCUT2D eigenvalue weighted by molar-refractivity contribution is 5.79. The Balaban J connectivity index is 0.00000139. The molecule has 24 heavy (non-hydrogen) atoms. The standard InChI is InChI=1S/C16H29N3O3.C2H6/c1-12(2)11-22-16(21)18-8-9-19(13(3)10-18)15(20)14-4-6-17-7-5-14;1-2/h12-14,17H,4-11H2,1-3H3;1-2H3/t13-;/m1./s1. The summed E-state index contributed by atoms with van der Waals surface area (Å²) in [5, 5.41) is 3.29. The van der Waals surface area contributed by atoms with Gasteiger partial charge in [-0.2, -0.15) is 0 Å². The number of piperazine rings is 1. The van der Waals surface area contributed by atoms with Crippen molar-refractivity contribution in [1.29, 1.82) is 0 Å². The Labute approximate surface area is 146 Å². The fourth-order valence-corrected chi connectivity index (χ4v) is 3.08. The number of rotatable bonds is 3. The molecular weight excluding hydrogens is 306 g/mol. The van der Waals surface area contributed by atoms with Gasteiger partial charge in [-0.1, -0.05) is 27.7 Å². The summed E-state index contributed by atoms with van der Waals surface area (Å²) < 4.78 is 5.28. The van der Waals surface area contributed by atoms with Crippen LogP contribution in [0, 0.1) is 11.8 Å². The van der Waals surface area contributed by atoms with Crippen molar-refractivity contribution in [3.05, 3.63) is 0 Å². The average molecular weight is 341 g/mol. The second-order valence-corrected chi connectivity index (χ2v) is 6.82. The highest BCUT2D eigenvalue weighted by atomic mass is 16.6. The van der Waals surface area contributed by atoms with E-state index in [0.29, 0.717) is 32.2 Å². The zero-order valence-corrected chi connectivity index (χ0v) is 16.0. The molecule has 6 nitrogen and oxygen atoms in total. The Morgan fingerprint density at radius 2 is 1.79 bits per heavy atom. The van der Waals surface area contributed by atoms with Crippen LogP contribution in [-0.4, -0.2) is 67.2 Å². The van der Waals surface area contributed by atoms with Crippen molar-refractivity contribution < 1.29 is 14.3 Å². The number of nitrogens with zero attached hydrogens (tertiary/aromatic N) is 2. The van der Waals surface area contributed by atoms with Crippen LogP contribution in [0.1, 0.15) is 47.5 Å². The van der Waals surface area contributed by atoms with Crippen LogP contribution in [-0.2, 0) is 9.53 Å². The summed E-state index contributed by atoms with van der Waals surface area (Å²) >= 11 is 0. The molecule has 0 aromatic rings. The first-order valence-corrected chi connectivity index (χ1v) is 9.42. The molecule has 140 valence electrons. The Hall–Kier alpha value is -1.30. The van der Waals surface area contributed by atoms with Gasteiger partial charge in [0, 0.05) is 31.6 Å². The minimum atomic E-state index is -0.255. The molecule has 0 aliphatic carbocycles. The number of amides is 2. The van der Waals surface area contributed by atoms with Crippen LogP contribution in [0.4, 0.5) is 4.79 Å². The molecule has 0 saturated carbocycles. The third-order valence-corrected chi connectivity index (χ3v) is 4.40. The van der Waals surface area contributed by atoms with E-state index in [1.807, 2.05) is 39.5 Å². The molecule has 2 heterocycles. The first-order valence-electron chi connectivity index (χ1n) is 9.42. The SMILES string of the molecule is CC.CC(C)COC(=O)N1CCN(C(=O)C2CCNCC2)[C@H](C)C1. The molecule has 2 fully saturated rings. The van der Waals surface area contributed by atoms with Crippen molar-refractivity contribution in [2.45, 2.75) is 53.5 Å². The Morgan fingerprint density at radius 1 is 1.17 bits per heavy atom. The van der Waals surface area contributed by atoms with Crippen LogP contribution in [0.3, 0.4) is 0 Å². The number of nitrogens with one attached hydrogen (secondary N) is 1. The van der Waals surface area contributed by atoms with Gasteiger partial charge in [-0.3, -0.25) is 4.79 Å². The van der Waals surface area contributed by atoms with E-state index in [0.717, 1.165) is 25.9 Å². The minimum Gasteiger partial charge on any atom is -0.449 e. The maximum absolute atomic E-state index is 12.6. The lowest BCUT2D eigenvalue weighted by Crippen LogP contribution is -2.57. The molecule has 6 heteroatoms. The molecule has 0 aromatic heterocycles. The van der Waals surface area contributed by atoms with Gasteiger partial charge in [0.2, 0.25) is 5.91 Å². The van der Waals surface area contributed by atoms with Gasteiger partial charge in [0.1, 0.15) is 0 Å². The second-order valence-electron chi connectivity index (χ2n) is 6.82. The van der Waals surface area contributed by atoms with Crippen LogP contribution in [0.15, 0.2) is 0 Å². The molecule has 2 rings (SSSR count). The predicted octanol–water partition coefficient (Wildman–Crippen LogP) is 2.34. The lowest BCUT2D eigenvalue weighted by Gasteiger charge is -2.41. The molecule has 2 amide bonds. The van der Waals surface area contributed by atoms with Crippen molar-refractivity contribution in [2.24, 2.45) is 11.8 Å². The maximum Gasteiger partial charge on any atom is 0.409 e. The number of ether oxygens (including phenoxy) is 1. The van der Waals surface area contributed by atoms with Crippen molar-refractivity contribution in [3.63, 3.8) is 0 Å². The van der Waals surface area contributed by atoms with Crippen molar-refractivity contribution in [2.75, 3.05) is 39.3 Å². The molecule has 0 aromatic carbocycles. The lowest BCUT2D eigenvalue weighted by atomic mass is 9.95. The molecule has 0 bridgehead atoms. The normalized spacial score (nSPS) is 22.0. The quantitative estimate of drug-likeness (QED) is 0.856. The minimum absolute atomic E-state index is 0.0581. The van der Waals surface area contributed by atoms with Gasteiger partial charge in [-0.15, -0.1) is 0 Å². The van der Waals surface area contributed by atoms with Gasteiger partial charge in [-0.25, -0.2) is 4.79 Å². The highest BCUT2D eigenvalue weighted by Crippen LogP contribution is 2.19. The summed E-state index contributed by atoms with van der Waals surface area (Å²) in [5.41, 5.74) is 0. The molecule has 0 unspecified atom stereocenters. The predicted molar refractivity (Wildman–Crippen MR) is 95.9 cm³/mol. The summed E-state index contributed by atoms with van der Waals surface area (Å²) in [6.07, 6.45) is 1.58. The van der Waals surface area contributed by atoms with Crippen LogP contribution < -0.4 is 5.32 Å². The van der Waals surface area contributed by atoms with E-state index >= 15 is 0 Å². The van der Waals surface area contributed by atoms with Gasteiger partial charge in [0.05, 0.1) is 6.61 Å². The molecule has 2 aliphatic rings. The van der Waals surface area contributed by atoms with Crippen molar-refractivity contribution in [1.82, 2.24) is 15.1 Å². The zero-order valence-electron chi connectivity index (χ0n) is 16.0. The number of carbonyl (C=O) groups is 2. The smallest absolute Gasteiger partial charge is 0.409 e. The lowest BCUT2D eigenvalue weighted by molar-refractivity contribution is -0.140. The highest BCUT2D eigenvalue weighted by Gasteiger charge is 2.34. The summed E-state index contributed by atoms with van der Waals surface area (Å²) in [5.74, 6) is 0.733. The van der Waals surface area contributed by atoms with Crippen LogP contribution >= 0.6 is 0 Å². The monoisotopic (exact) mass is 341 g/mol. The number of hydrogen-bond donors (Lipinski definition) is 1. The average Bonchev–Trinajstić information content (AvgIpc) is 2.61. The summed E-state index contributed by atoms with van der Waals surface area (Å²) in [4.78, 5) is 28.3. The molecule has 1 N–H and O–H groups in total. The van der Waals surface area contributed by atoms with Crippen molar-refractivity contribution in [3.8, 4) is 0 Å². The number of carbonyl (C=O) groups excluding carboxylic acids is 2. The fourth-order valence-electron chi connectivity index (χ4n) is 3.08. The topological polar surface area (TPSA) is 61.9 Å². The molecule has 2 saturated heterocycles. The summed E-state index contributed by atoms with van der Waals surface area (Å²) in [7, 11) is 0. The first kappa shape index (κ1) is 20.7. The Kier molecular flexibility index (Phi) is 9.11. The van der Waals surface area contributed by atoms with E-state index < -0.39 is 0 Å². The van der Waals surface area contributed by atoms with Gasteiger partial charge < -0.3 is 19.9 Å². The van der Waals surface area contributed by atoms with Crippen LogP contribution in [0.2, 0.25) is 0 Å². The van der Waals surface area contributed by atoms with Crippen LogP contribution in [0.25, 0.3) is 0 Å². The first-order chi connectivity index (χ1) is 11.5. The van der Waals surface area contributed by atoms with Gasteiger partial charge in [0.15, 0.2) is 0 Å². The van der Waals surface area contributed by atoms with E-state index in [2.05, 4.69) is 5.32 Å². The molecule has 0 spiro atoms. The third-order valence-electron chi connectivity index (χ3n) is 4.40. The van der Waals surface area contributed by atoms with E-state index in [1.54, 1.807) is 4.90 Å². The van der Waals surface area contributed by atoms with Crippen molar-refractivity contribution >= 4 is 12.0 Å². The Bertz CT molecular complexity index is 395.